The quantitative estimate of drug-likeness (QED) is 0.706. The first-order chi connectivity index (χ1) is 7.75. The van der Waals surface area contributed by atoms with Crippen LogP contribution in [0.25, 0.3) is 0 Å². The average Bonchev–Trinajstić information content (AvgIpc) is 2.17. The highest BCUT2D eigenvalue weighted by atomic mass is 16.5. The van der Waals surface area contributed by atoms with Crippen LogP contribution in [0.4, 0.5) is 0 Å². The molecule has 0 aliphatic heterocycles. The second-order valence-corrected chi connectivity index (χ2v) is 4.58. The SMILES string of the molecule is CC(=O)O.COC(C)(C)C=CCC(C)CCO. The molecule has 4 nitrogen and oxygen atoms in total. The lowest BCUT2D eigenvalue weighted by Crippen LogP contribution is -2.18. The van der Waals surface area contributed by atoms with Crippen LogP contribution in [-0.4, -0.2) is 35.5 Å². The Bertz CT molecular complexity index is 217. The number of carbonyl (C=O) groups is 1. The fraction of sp³-hybridized carbons (Fsp3) is 0.769. The van der Waals surface area contributed by atoms with Gasteiger partial charge >= 0.3 is 0 Å². The summed E-state index contributed by atoms with van der Waals surface area (Å²) in [6.45, 7) is 7.56. The molecule has 4 heteroatoms. The number of methoxy groups -OCH3 is 1. The number of carboxylic acids is 1. The van der Waals surface area contributed by atoms with E-state index in [2.05, 4.69) is 19.1 Å². The van der Waals surface area contributed by atoms with E-state index in [1.165, 1.54) is 0 Å². The van der Waals surface area contributed by atoms with Gasteiger partial charge in [-0.1, -0.05) is 19.1 Å². The van der Waals surface area contributed by atoms with E-state index in [1.807, 2.05) is 13.8 Å². The maximum absolute atomic E-state index is 9.00. The molecule has 0 saturated carbocycles. The molecular formula is C13H26O4. The first-order valence-corrected chi connectivity index (χ1v) is 5.78. The van der Waals surface area contributed by atoms with Crippen molar-refractivity contribution < 1.29 is 19.7 Å². The largest absolute Gasteiger partial charge is 0.481 e. The van der Waals surface area contributed by atoms with Gasteiger partial charge in [0.2, 0.25) is 0 Å². The number of aliphatic carboxylic acids is 1. The Morgan fingerprint density at radius 3 is 2.29 bits per heavy atom. The van der Waals surface area contributed by atoms with E-state index in [1.54, 1.807) is 7.11 Å². The number of hydrogen-bond acceptors (Lipinski definition) is 3. The highest BCUT2D eigenvalue weighted by Crippen LogP contribution is 2.12. The van der Waals surface area contributed by atoms with E-state index in [9.17, 15) is 0 Å². The van der Waals surface area contributed by atoms with Crippen molar-refractivity contribution in [3.8, 4) is 0 Å². The zero-order chi connectivity index (χ0) is 13.9. The van der Waals surface area contributed by atoms with Gasteiger partial charge in [-0.25, -0.2) is 0 Å². The molecule has 0 fully saturated rings. The summed E-state index contributed by atoms with van der Waals surface area (Å²) in [5.74, 6) is -0.283. The number of ether oxygens (including phenoxy) is 1. The van der Waals surface area contributed by atoms with E-state index in [0.29, 0.717) is 5.92 Å². The van der Waals surface area contributed by atoms with E-state index < -0.39 is 5.97 Å². The molecule has 0 spiro atoms. The summed E-state index contributed by atoms with van der Waals surface area (Å²) in [5.41, 5.74) is -0.168. The molecule has 0 aliphatic rings. The topological polar surface area (TPSA) is 66.8 Å². The maximum Gasteiger partial charge on any atom is 0.300 e. The molecule has 0 rings (SSSR count). The minimum absolute atomic E-state index is 0.168. The predicted octanol–water partition coefficient (Wildman–Crippen LogP) is 2.47. The van der Waals surface area contributed by atoms with Crippen molar-refractivity contribution in [1.82, 2.24) is 0 Å². The van der Waals surface area contributed by atoms with Gasteiger partial charge in [0.25, 0.3) is 5.97 Å². The Kier molecular flexibility index (Phi) is 11.2. The molecule has 0 aromatic heterocycles. The fourth-order valence-corrected chi connectivity index (χ4v) is 0.990. The van der Waals surface area contributed by atoms with Gasteiger partial charge in [-0.3, -0.25) is 4.79 Å². The third kappa shape index (κ3) is 17.7. The molecule has 17 heavy (non-hydrogen) atoms. The Morgan fingerprint density at radius 2 is 1.94 bits per heavy atom. The molecule has 0 aromatic carbocycles. The summed E-state index contributed by atoms with van der Waals surface area (Å²) in [4.78, 5) is 9.00. The second kappa shape index (κ2) is 10.3. The monoisotopic (exact) mass is 246 g/mol. The molecule has 0 bridgehead atoms. The molecule has 0 radical (unpaired) electrons. The minimum Gasteiger partial charge on any atom is -0.481 e. The summed E-state index contributed by atoms with van der Waals surface area (Å²) in [6, 6.07) is 0. The molecule has 0 amide bonds. The number of aliphatic hydroxyl groups excluding tert-OH is 1. The molecule has 0 aliphatic carbocycles. The number of rotatable bonds is 6. The molecule has 102 valence electrons. The Labute approximate surface area is 104 Å². The van der Waals surface area contributed by atoms with Crippen LogP contribution in [0, 0.1) is 5.92 Å². The van der Waals surface area contributed by atoms with Crippen molar-refractivity contribution in [2.75, 3.05) is 13.7 Å². The zero-order valence-electron chi connectivity index (χ0n) is 11.6. The highest BCUT2D eigenvalue weighted by molar-refractivity contribution is 5.62. The molecule has 0 saturated heterocycles. The van der Waals surface area contributed by atoms with Crippen molar-refractivity contribution in [2.45, 2.75) is 46.1 Å². The van der Waals surface area contributed by atoms with Crippen molar-refractivity contribution in [2.24, 2.45) is 5.92 Å². The number of aliphatic hydroxyl groups is 1. The van der Waals surface area contributed by atoms with Crippen LogP contribution in [0.2, 0.25) is 0 Å². The van der Waals surface area contributed by atoms with Gasteiger partial charge in [-0.2, -0.15) is 0 Å². The molecule has 1 unspecified atom stereocenters. The predicted molar refractivity (Wildman–Crippen MR) is 69.0 cm³/mol. The van der Waals surface area contributed by atoms with Crippen molar-refractivity contribution in [3.05, 3.63) is 12.2 Å². The summed E-state index contributed by atoms with van der Waals surface area (Å²) >= 11 is 0. The van der Waals surface area contributed by atoms with E-state index >= 15 is 0 Å². The van der Waals surface area contributed by atoms with Crippen LogP contribution < -0.4 is 0 Å². The Hall–Kier alpha value is -0.870. The Morgan fingerprint density at radius 1 is 1.47 bits per heavy atom. The lowest BCUT2D eigenvalue weighted by molar-refractivity contribution is -0.134. The lowest BCUT2D eigenvalue weighted by atomic mass is 10.0. The number of hydrogen-bond donors (Lipinski definition) is 2. The molecule has 0 aromatic rings. The van der Waals surface area contributed by atoms with Gasteiger partial charge in [0.1, 0.15) is 0 Å². The second-order valence-electron chi connectivity index (χ2n) is 4.58. The smallest absolute Gasteiger partial charge is 0.300 e. The van der Waals surface area contributed by atoms with Crippen LogP contribution in [0.15, 0.2) is 12.2 Å². The van der Waals surface area contributed by atoms with Crippen molar-refractivity contribution >= 4 is 5.97 Å². The molecule has 1 atom stereocenters. The minimum atomic E-state index is -0.833. The van der Waals surface area contributed by atoms with Gasteiger partial charge in [0, 0.05) is 20.6 Å². The fourth-order valence-electron chi connectivity index (χ4n) is 0.990. The summed E-state index contributed by atoms with van der Waals surface area (Å²) in [7, 11) is 1.71. The Balaban J connectivity index is 0. The third-order valence-corrected chi connectivity index (χ3v) is 2.21. The maximum atomic E-state index is 9.00. The van der Waals surface area contributed by atoms with Crippen LogP contribution >= 0.6 is 0 Å². The first-order valence-electron chi connectivity index (χ1n) is 5.78. The highest BCUT2D eigenvalue weighted by Gasteiger charge is 2.10. The zero-order valence-corrected chi connectivity index (χ0v) is 11.6. The molecular weight excluding hydrogens is 220 g/mol. The average molecular weight is 246 g/mol. The van der Waals surface area contributed by atoms with E-state index in [0.717, 1.165) is 19.8 Å². The van der Waals surface area contributed by atoms with Gasteiger partial charge in [0.05, 0.1) is 5.60 Å². The van der Waals surface area contributed by atoms with Crippen LogP contribution in [0.5, 0.6) is 0 Å². The standard InChI is InChI=1S/C11H22O2.C2H4O2/c1-10(7-9-12)6-5-8-11(2,3)13-4;1-2(3)4/h5,8,10,12H,6-7,9H2,1-4H3;1H3,(H,3,4). The van der Waals surface area contributed by atoms with Gasteiger partial charge in [-0.15, -0.1) is 0 Å². The van der Waals surface area contributed by atoms with Gasteiger partial charge < -0.3 is 14.9 Å². The van der Waals surface area contributed by atoms with Crippen LogP contribution in [-0.2, 0) is 9.53 Å². The van der Waals surface area contributed by atoms with Crippen molar-refractivity contribution in [1.29, 1.82) is 0 Å². The van der Waals surface area contributed by atoms with Crippen LogP contribution in [0.3, 0.4) is 0 Å². The lowest BCUT2D eigenvalue weighted by Gasteiger charge is -2.18. The molecule has 0 heterocycles. The summed E-state index contributed by atoms with van der Waals surface area (Å²) in [5, 5.41) is 16.1. The van der Waals surface area contributed by atoms with Gasteiger partial charge in [-0.05, 0) is 32.6 Å². The number of allylic oxidation sites excluding steroid dienone is 1. The van der Waals surface area contributed by atoms with Gasteiger partial charge in [0.15, 0.2) is 0 Å². The molecule has 2 N–H and O–H groups in total. The van der Waals surface area contributed by atoms with Crippen molar-refractivity contribution in [3.63, 3.8) is 0 Å². The van der Waals surface area contributed by atoms with E-state index in [-0.39, 0.29) is 12.2 Å². The first kappa shape index (κ1) is 18.5. The normalized spacial score (nSPS) is 13.1. The third-order valence-electron chi connectivity index (χ3n) is 2.21. The van der Waals surface area contributed by atoms with E-state index in [4.69, 9.17) is 19.7 Å². The summed E-state index contributed by atoms with van der Waals surface area (Å²) in [6.07, 6.45) is 6.08. The number of carboxylic acid groups (broad SMARTS) is 1. The van der Waals surface area contributed by atoms with Crippen LogP contribution in [0.1, 0.15) is 40.5 Å². The summed E-state index contributed by atoms with van der Waals surface area (Å²) < 4.78 is 5.24.